The van der Waals surface area contributed by atoms with E-state index in [0.29, 0.717) is 22.3 Å². The van der Waals surface area contributed by atoms with Gasteiger partial charge in [-0.3, -0.25) is 4.98 Å². The van der Waals surface area contributed by atoms with Gasteiger partial charge in [0.05, 0.1) is 14.2 Å². The Bertz CT molecular complexity index is 1060. The van der Waals surface area contributed by atoms with Crippen LogP contribution in [0.25, 0.3) is 26.9 Å². The van der Waals surface area contributed by atoms with E-state index in [9.17, 15) is 0 Å². The molecule has 4 aromatic rings. The Hall–Kier alpha value is -2.52. The minimum atomic E-state index is 0.645. The van der Waals surface area contributed by atoms with E-state index in [2.05, 4.69) is 36.2 Å². The van der Waals surface area contributed by atoms with Gasteiger partial charge in [-0.2, -0.15) is 9.61 Å². The molecule has 3 aromatic heterocycles. The van der Waals surface area contributed by atoms with E-state index < -0.39 is 0 Å². The Kier molecular flexibility index (Phi) is 4.10. The van der Waals surface area contributed by atoms with E-state index in [-0.39, 0.29) is 0 Å². The van der Waals surface area contributed by atoms with Gasteiger partial charge in [0.1, 0.15) is 5.01 Å². The van der Waals surface area contributed by atoms with Crippen molar-refractivity contribution in [2.75, 3.05) is 14.2 Å². The van der Waals surface area contributed by atoms with Crippen molar-refractivity contribution < 1.29 is 9.47 Å². The van der Waals surface area contributed by atoms with Crippen LogP contribution in [0.3, 0.4) is 0 Å². The number of benzene rings is 1. The minimum absolute atomic E-state index is 0.645. The van der Waals surface area contributed by atoms with Gasteiger partial charge in [-0.1, -0.05) is 11.3 Å². The standard InChI is InChI=1S/C16H12BrN5O2S/c1-23-12-4-3-9(6-13(12)24-2)15-21-22-14(19-20-16(22)25-15)10-5-11(17)8-18-7-10/h3-8H,1-2H3. The third-order valence-electron chi connectivity index (χ3n) is 3.58. The number of nitrogens with zero attached hydrogens (tertiary/aromatic N) is 5. The Morgan fingerprint density at radius 3 is 2.60 bits per heavy atom. The van der Waals surface area contributed by atoms with Crippen LogP contribution < -0.4 is 9.47 Å². The van der Waals surface area contributed by atoms with Gasteiger partial charge in [-0.15, -0.1) is 10.2 Å². The fourth-order valence-corrected chi connectivity index (χ4v) is 3.62. The molecule has 0 aliphatic rings. The molecule has 0 fully saturated rings. The van der Waals surface area contributed by atoms with Gasteiger partial charge in [-0.05, 0) is 40.2 Å². The molecular formula is C16H12BrN5O2S. The summed E-state index contributed by atoms with van der Waals surface area (Å²) in [5, 5.41) is 13.9. The molecule has 0 spiro atoms. The van der Waals surface area contributed by atoms with Crippen LogP contribution >= 0.6 is 27.3 Å². The monoisotopic (exact) mass is 417 g/mol. The van der Waals surface area contributed by atoms with E-state index in [1.165, 1.54) is 11.3 Å². The summed E-state index contributed by atoms with van der Waals surface area (Å²) in [6.45, 7) is 0. The van der Waals surface area contributed by atoms with Crippen molar-refractivity contribution in [3.63, 3.8) is 0 Å². The van der Waals surface area contributed by atoms with E-state index in [4.69, 9.17) is 9.47 Å². The van der Waals surface area contributed by atoms with E-state index in [1.54, 1.807) is 31.1 Å². The topological polar surface area (TPSA) is 74.4 Å². The molecule has 0 radical (unpaired) electrons. The second-order valence-electron chi connectivity index (χ2n) is 5.09. The lowest BCUT2D eigenvalue weighted by Crippen LogP contribution is -1.93. The van der Waals surface area contributed by atoms with E-state index >= 15 is 0 Å². The lowest BCUT2D eigenvalue weighted by molar-refractivity contribution is 0.355. The SMILES string of the molecule is COc1ccc(-c2nn3c(-c4cncc(Br)c4)nnc3s2)cc1OC. The third-order valence-corrected chi connectivity index (χ3v) is 4.97. The van der Waals surface area contributed by atoms with Crippen LogP contribution in [0.15, 0.2) is 41.1 Å². The van der Waals surface area contributed by atoms with Crippen molar-refractivity contribution in [2.45, 2.75) is 0 Å². The van der Waals surface area contributed by atoms with Crippen LogP contribution in [0, 0.1) is 0 Å². The molecule has 0 saturated carbocycles. The second kappa shape index (κ2) is 6.41. The van der Waals surface area contributed by atoms with Gasteiger partial charge in [0.15, 0.2) is 17.3 Å². The molecular weight excluding hydrogens is 406 g/mol. The Morgan fingerprint density at radius 1 is 1.00 bits per heavy atom. The van der Waals surface area contributed by atoms with Crippen LogP contribution in [0.1, 0.15) is 0 Å². The largest absolute Gasteiger partial charge is 0.493 e. The lowest BCUT2D eigenvalue weighted by Gasteiger charge is -2.07. The van der Waals surface area contributed by atoms with Crippen molar-refractivity contribution in [2.24, 2.45) is 0 Å². The molecule has 3 heterocycles. The van der Waals surface area contributed by atoms with Gasteiger partial charge < -0.3 is 9.47 Å². The van der Waals surface area contributed by atoms with Crippen LogP contribution in [-0.4, -0.2) is 39.0 Å². The summed E-state index contributed by atoms with van der Waals surface area (Å²) in [6, 6.07) is 7.62. The lowest BCUT2D eigenvalue weighted by atomic mass is 10.2. The zero-order valence-corrected chi connectivity index (χ0v) is 15.7. The first-order chi connectivity index (χ1) is 12.2. The molecule has 4 rings (SSSR count). The Morgan fingerprint density at radius 2 is 1.84 bits per heavy atom. The van der Waals surface area contributed by atoms with Crippen molar-refractivity contribution >= 4 is 32.2 Å². The second-order valence-corrected chi connectivity index (χ2v) is 6.96. The summed E-state index contributed by atoms with van der Waals surface area (Å²) in [7, 11) is 3.22. The summed E-state index contributed by atoms with van der Waals surface area (Å²) < 4.78 is 13.2. The van der Waals surface area contributed by atoms with Gasteiger partial charge in [0.25, 0.3) is 0 Å². The maximum atomic E-state index is 5.36. The average molecular weight is 418 g/mol. The molecule has 126 valence electrons. The molecule has 7 nitrogen and oxygen atoms in total. The first-order valence-corrected chi connectivity index (χ1v) is 8.86. The summed E-state index contributed by atoms with van der Waals surface area (Å²) >= 11 is 4.87. The molecule has 25 heavy (non-hydrogen) atoms. The smallest absolute Gasteiger partial charge is 0.235 e. The molecule has 0 N–H and O–H groups in total. The van der Waals surface area contributed by atoms with E-state index in [0.717, 1.165) is 20.6 Å². The first-order valence-electron chi connectivity index (χ1n) is 7.25. The minimum Gasteiger partial charge on any atom is -0.493 e. The van der Waals surface area contributed by atoms with Gasteiger partial charge in [0, 0.05) is 28.0 Å². The highest BCUT2D eigenvalue weighted by Gasteiger charge is 2.16. The highest BCUT2D eigenvalue weighted by atomic mass is 79.9. The molecule has 0 bridgehead atoms. The maximum Gasteiger partial charge on any atom is 0.235 e. The van der Waals surface area contributed by atoms with E-state index in [1.807, 2.05) is 24.3 Å². The van der Waals surface area contributed by atoms with Crippen LogP contribution in [0.2, 0.25) is 0 Å². The first kappa shape index (κ1) is 16.0. The van der Waals surface area contributed by atoms with Crippen molar-refractivity contribution in [3.05, 3.63) is 41.1 Å². The van der Waals surface area contributed by atoms with Crippen LogP contribution in [-0.2, 0) is 0 Å². The molecule has 0 saturated heterocycles. The third kappa shape index (κ3) is 2.85. The number of pyridine rings is 1. The zero-order chi connectivity index (χ0) is 17.4. The summed E-state index contributed by atoms with van der Waals surface area (Å²) in [5.41, 5.74) is 1.76. The van der Waals surface area contributed by atoms with Crippen LogP contribution in [0.4, 0.5) is 0 Å². The van der Waals surface area contributed by atoms with Gasteiger partial charge in [-0.25, -0.2) is 0 Å². The number of rotatable bonds is 4. The molecule has 0 aliphatic carbocycles. The number of hydrogen-bond donors (Lipinski definition) is 0. The number of ether oxygens (including phenoxy) is 2. The number of hydrogen-bond acceptors (Lipinski definition) is 7. The number of methoxy groups -OCH3 is 2. The normalized spacial score (nSPS) is 11.0. The molecule has 9 heteroatoms. The Labute approximate surface area is 155 Å². The fraction of sp³-hybridized carbons (Fsp3) is 0.125. The molecule has 1 aromatic carbocycles. The predicted octanol–water partition coefficient (Wildman–Crippen LogP) is 3.69. The number of halogens is 1. The van der Waals surface area contributed by atoms with Crippen molar-refractivity contribution in [1.82, 2.24) is 24.8 Å². The van der Waals surface area contributed by atoms with Crippen LogP contribution in [0.5, 0.6) is 11.5 Å². The summed E-state index contributed by atoms with van der Waals surface area (Å²) in [6.07, 6.45) is 3.45. The fourth-order valence-electron chi connectivity index (χ4n) is 2.42. The number of fused-ring (bicyclic) bond motifs is 1. The quantitative estimate of drug-likeness (QED) is 0.503. The predicted molar refractivity (Wildman–Crippen MR) is 98.1 cm³/mol. The van der Waals surface area contributed by atoms with Gasteiger partial charge >= 0.3 is 0 Å². The van der Waals surface area contributed by atoms with Crippen molar-refractivity contribution in [1.29, 1.82) is 0 Å². The zero-order valence-electron chi connectivity index (χ0n) is 13.3. The number of aromatic nitrogens is 5. The highest BCUT2D eigenvalue weighted by Crippen LogP contribution is 2.34. The van der Waals surface area contributed by atoms with Gasteiger partial charge in [0.2, 0.25) is 4.96 Å². The molecule has 0 amide bonds. The molecule has 0 atom stereocenters. The summed E-state index contributed by atoms with van der Waals surface area (Å²) in [5.74, 6) is 1.98. The highest BCUT2D eigenvalue weighted by molar-refractivity contribution is 9.10. The molecule has 0 unspecified atom stereocenters. The van der Waals surface area contributed by atoms with Crippen molar-refractivity contribution in [3.8, 4) is 33.5 Å². The summed E-state index contributed by atoms with van der Waals surface area (Å²) in [4.78, 5) is 4.88. The average Bonchev–Trinajstić information content (AvgIpc) is 3.21. The molecule has 0 aliphatic heterocycles. The Balaban J connectivity index is 1.80. The maximum absolute atomic E-state index is 5.36.